The standard InChI is InChI=1S/C21H43NO5.C19H39NO5.C17H34O4.C14H29NO3.C13H24O2.C2H6/c1-20(2,3)8-10-22-19(23)7-11-24-13-15-26-17-18-27-16-14-25-12-9-21(4,5)6;1-17(2)18(21)20(6)8-10-23-12-14-25-16-15-24-13-11-22-9-7-19(3,4)5;1-15(2)16(18)7-6-9-19-11-13-21-14-12-20-10-8-17(3,4)5;1-12(2)15-13(16)6-8-17-10-11-18-9-7-14(3,4)5;1-5-6-7-9-14-11-12-15-10-8-13(2,3)4;1-2/h7-18H2,1-6H3,(H,22,23);17H,7-16H2,1-6H3;15H,6-14H2,1-5H3;12H,6-11H2,1-5H3,(H,15,16);1H,6-12H2,2-4H3;1-2H3. The van der Waals surface area contributed by atoms with E-state index < -0.39 is 0 Å². The lowest BCUT2D eigenvalue weighted by Gasteiger charge is -2.19. The quantitative estimate of drug-likeness (QED) is 0.0425. The van der Waals surface area contributed by atoms with Crippen molar-refractivity contribution in [1.82, 2.24) is 15.5 Å². The number of Topliss-reactive ketones (excluding diaryl/α,β-unsaturated/α-hetero) is 1. The van der Waals surface area contributed by atoms with E-state index in [9.17, 15) is 19.2 Å². The fourth-order valence-electron chi connectivity index (χ4n) is 7.66. The first-order chi connectivity index (χ1) is 50.5. The summed E-state index contributed by atoms with van der Waals surface area (Å²) in [5.41, 5.74) is 1.86. The maximum Gasteiger partial charge on any atom is 0.224 e. The minimum Gasteiger partial charge on any atom is -0.379 e. The Kier molecular flexibility index (Phi) is 83.7. The largest absolute Gasteiger partial charge is 0.379 e. The number of ketones is 1. The number of likely N-dealkylation sites (N-methyl/N-ethyl adjacent to an activating group) is 1. The molecule has 0 saturated carbocycles. The number of carbonyl (C=O) groups excluding carboxylic acids is 4. The molecule has 648 valence electrons. The zero-order chi connectivity index (χ0) is 83.5. The second kappa shape index (κ2) is 78.0. The van der Waals surface area contributed by atoms with Crippen molar-refractivity contribution in [3.63, 3.8) is 0 Å². The van der Waals surface area contributed by atoms with Crippen LogP contribution in [0.2, 0.25) is 0 Å². The molecule has 0 aromatic carbocycles. The van der Waals surface area contributed by atoms with Crippen molar-refractivity contribution in [2.45, 2.75) is 263 Å². The van der Waals surface area contributed by atoms with Gasteiger partial charge in [-0.15, -0.1) is 12.3 Å². The van der Waals surface area contributed by atoms with E-state index >= 15 is 0 Å². The number of carbonyl (C=O) groups is 4. The minimum atomic E-state index is 0.0252. The van der Waals surface area contributed by atoms with Gasteiger partial charge in [0.1, 0.15) is 5.78 Å². The van der Waals surface area contributed by atoms with Gasteiger partial charge in [0.25, 0.3) is 0 Å². The molecule has 0 fully saturated rings. The summed E-state index contributed by atoms with van der Waals surface area (Å²) in [5.74, 6) is 3.27. The van der Waals surface area contributed by atoms with Gasteiger partial charge in [0.15, 0.2) is 0 Å². The van der Waals surface area contributed by atoms with Crippen LogP contribution in [0.3, 0.4) is 0 Å². The van der Waals surface area contributed by atoms with Crippen molar-refractivity contribution in [3.8, 4) is 12.3 Å². The Morgan fingerprint density at radius 3 is 0.833 bits per heavy atom. The van der Waals surface area contributed by atoms with Crippen molar-refractivity contribution in [3.05, 3.63) is 0 Å². The van der Waals surface area contributed by atoms with E-state index in [-0.39, 0.29) is 41.0 Å². The second-order valence-corrected chi connectivity index (χ2v) is 34.6. The number of rotatable bonds is 61. The number of amides is 3. The van der Waals surface area contributed by atoms with Crippen LogP contribution in [0.25, 0.3) is 0 Å². The molecule has 0 spiro atoms. The van der Waals surface area contributed by atoms with Crippen molar-refractivity contribution >= 4 is 23.5 Å². The first-order valence-corrected chi connectivity index (χ1v) is 41.0. The van der Waals surface area contributed by atoms with Gasteiger partial charge in [-0.05, 0) is 97.7 Å². The fourth-order valence-corrected chi connectivity index (χ4v) is 7.66. The van der Waals surface area contributed by atoms with Crippen molar-refractivity contribution < 1.29 is 90.2 Å². The van der Waals surface area contributed by atoms with Gasteiger partial charge in [0.05, 0.1) is 152 Å². The van der Waals surface area contributed by atoms with Gasteiger partial charge in [-0.3, -0.25) is 19.2 Å². The maximum absolute atomic E-state index is 11.7. The molecule has 22 heteroatoms. The Bertz CT molecular complexity index is 1980. The predicted molar refractivity (Wildman–Crippen MR) is 443 cm³/mol. The summed E-state index contributed by atoms with van der Waals surface area (Å²) in [6, 6.07) is 0.193. The topological polar surface area (TPSA) is 234 Å². The highest BCUT2D eigenvalue weighted by molar-refractivity contribution is 5.80. The summed E-state index contributed by atoms with van der Waals surface area (Å²) in [6.07, 6.45) is 15.3. The lowest BCUT2D eigenvalue weighted by Crippen LogP contribution is -2.33. The zero-order valence-electron chi connectivity index (χ0n) is 75.1. The van der Waals surface area contributed by atoms with E-state index in [4.69, 9.17) is 77.5 Å². The van der Waals surface area contributed by atoms with Crippen LogP contribution in [0.1, 0.15) is 257 Å². The number of hydrogen-bond donors (Lipinski definition) is 2. The van der Waals surface area contributed by atoms with Gasteiger partial charge in [-0.2, -0.15) is 0 Å². The molecule has 0 aliphatic carbocycles. The van der Waals surface area contributed by atoms with Gasteiger partial charge in [-0.1, -0.05) is 166 Å². The Labute approximate surface area is 664 Å². The third kappa shape index (κ3) is 116. The van der Waals surface area contributed by atoms with E-state index in [1.807, 2.05) is 55.4 Å². The average molecular weight is 1560 g/mol. The highest BCUT2D eigenvalue weighted by Gasteiger charge is 2.16. The first-order valence-electron chi connectivity index (χ1n) is 41.0. The summed E-state index contributed by atoms with van der Waals surface area (Å²) in [4.78, 5) is 47.6. The van der Waals surface area contributed by atoms with Crippen LogP contribution in [0.15, 0.2) is 0 Å². The number of unbranched alkanes of at least 4 members (excludes halogenated alkanes) is 1. The van der Waals surface area contributed by atoms with E-state index in [2.05, 4.69) is 141 Å². The summed E-state index contributed by atoms with van der Waals surface area (Å²) in [5, 5.41) is 5.73. The number of hydrogen-bond acceptors (Lipinski definition) is 19. The summed E-state index contributed by atoms with van der Waals surface area (Å²) in [7, 11) is 1.80. The molecule has 0 heterocycles. The lowest BCUT2D eigenvalue weighted by molar-refractivity contribution is -0.134. The molecule has 0 aliphatic rings. The number of nitrogens with one attached hydrogen (secondary N) is 2. The van der Waals surface area contributed by atoms with E-state index in [0.29, 0.717) is 224 Å². The molecule has 3 amide bonds. The van der Waals surface area contributed by atoms with Gasteiger partial charge >= 0.3 is 0 Å². The molecule has 22 nitrogen and oxygen atoms in total. The summed E-state index contributed by atoms with van der Waals surface area (Å²) in [6.45, 7) is 74.8. The Morgan fingerprint density at radius 2 is 0.574 bits per heavy atom. The highest BCUT2D eigenvalue weighted by atomic mass is 16.6. The van der Waals surface area contributed by atoms with E-state index in [1.54, 1.807) is 11.9 Å². The van der Waals surface area contributed by atoms with Crippen LogP contribution >= 0.6 is 0 Å². The van der Waals surface area contributed by atoms with Crippen LogP contribution in [-0.4, -0.2) is 253 Å². The van der Waals surface area contributed by atoms with Gasteiger partial charge < -0.3 is 86.6 Å². The van der Waals surface area contributed by atoms with Gasteiger partial charge in [0.2, 0.25) is 17.7 Å². The van der Waals surface area contributed by atoms with Crippen LogP contribution in [0.5, 0.6) is 0 Å². The second-order valence-electron chi connectivity index (χ2n) is 34.6. The average Bonchev–Trinajstić information content (AvgIpc) is 0.955. The third-order valence-electron chi connectivity index (χ3n) is 14.7. The lowest BCUT2D eigenvalue weighted by atomic mass is 9.92. The Balaban J connectivity index is -0.000000303. The normalized spacial score (nSPS) is 11.8. The number of ether oxygens (including phenoxy) is 15. The minimum absolute atomic E-state index is 0.0252. The number of terminal acetylenes is 1. The molecule has 0 aromatic heterocycles. The van der Waals surface area contributed by atoms with Crippen LogP contribution in [-0.2, 0) is 90.2 Å². The maximum atomic E-state index is 11.7. The van der Waals surface area contributed by atoms with Gasteiger partial charge in [-0.25, -0.2) is 0 Å². The molecular weight excluding hydrogens is 1380 g/mol. The molecule has 0 rings (SSSR count). The molecule has 0 bridgehead atoms. The van der Waals surface area contributed by atoms with Crippen molar-refractivity contribution in [1.29, 1.82) is 0 Å². The summed E-state index contributed by atoms with van der Waals surface area (Å²) >= 11 is 0. The van der Waals surface area contributed by atoms with Crippen LogP contribution in [0, 0.1) is 56.7 Å². The van der Waals surface area contributed by atoms with Crippen LogP contribution in [0.4, 0.5) is 0 Å². The Hall–Kier alpha value is -2.96. The fraction of sp³-hybridized carbons (Fsp3) is 0.930. The molecule has 2 N–H and O–H groups in total. The van der Waals surface area contributed by atoms with E-state index in [1.165, 1.54) is 0 Å². The molecule has 0 radical (unpaired) electrons. The monoisotopic (exact) mass is 1550 g/mol. The summed E-state index contributed by atoms with van der Waals surface area (Å²) < 4.78 is 81.6. The molecule has 108 heavy (non-hydrogen) atoms. The van der Waals surface area contributed by atoms with Crippen molar-refractivity contribution in [2.24, 2.45) is 44.3 Å². The van der Waals surface area contributed by atoms with E-state index in [0.717, 1.165) is 97.4 Å². The molecule has 0 saturated heterocycles. The third-order valence-corrected chi connectivity index (χ3v) is 14.7. The van der Waals surface area contributed by atoms with Crippen LogP contribution < -0.4 is 10.6 Å². The SMILES string of the molecule is C#CCCCOCCOCCC(C)(C)C.CC.CC(C)(C)CCNC(=O)CCOCCOCCOCCOCCC(C)(C)C.CC(C)C(=O)CCCOCCOCCOCCC(C)(C)C.CC(C)C(=O)N(C)CCOCCOCCOCCOCCC(C)(C)C.CC(C)NC(=O)CCOCCOCCC(C)(C)C. The molecule has 0 aliphatic heterocycles. The molecular formula is C86H175N3O19. The Morgan fingerprint density at radius 1 is 0.324 bits per heavy atom. The number of nitrogens with zero attached hydrogens (tertiary/aromatic N) is 1. The smallest absolute Gasteiger partial charge is 0.224 e. The van der Waals surface area contributed by atoms with Crippen molar-refractivity contribution in [2.75, 3.05) is 218 Å². The highest BCUT2D eigenvalue weighted by Crippen LogP contribution is 2.21. The predicted octanol–water partition coefficient (Wildman–Crippen LogP) is 15.8. The molecule has 0 aromatic rings. The molecule has 0 atom stereocenters. The molecule has 0 unspecified atom stereocenters. The zero-order valence-corrected chi connectivity index (χ0v) is 75.1. The first kappa shape index (κ1) is 116. The van der Waals surface area contributed by atoms with Gasteiger partial charge in [0, 0.05) is 110 Å².